The van der Waals surface area contributed by atoms with Crippen molar-refractivity contribution in [3.05, 3.63) is 326 Å². The molecule has 0 bridgehead atoms. The third-order valence-corrected chi connectivity index (χ3v) is 17.4. The van der Waals surface area contributed by atoms with E-state index >= 15 is 0 Å². The molecule has 1 spiro atoms. The Hall–Kier alpha value is -10.9. The number of rotatable bonds is 9. The van der Waals surface area contributed by atoms with Crippen LogP contribution in [0.2, 0.25) is 0 Å². The van der Waals surface area contributed by atoms with Crippen LogP contribution in [0.15, 0.2) is 312 Å². The lowest BCUT2D eigenvalue weighted by Gasteiger charge is -2.33. The Morgan fingerprint density at radius 3 is 1.06 bits per heavy atom. The maximum absolute atomic E-state index is 6.51. The predicted molar refractivity (Wildman–Crippen MR) is 343 cm³/mol. The van der Waals surface area contributed by atoms with Gasteiger partial charge < -0.3 is 18.6 Å². The van der Waals surface area contributed by atoms with E-state index in [4.69, 9.17) is 8.83 Å². The fourth-order valence-corrected chi connectivity index (χ4v) is 13.9. The van der Waals surface area contributed by atoms with Crippen LogP contribution in [-0.4, -0.2) is 0 Å². The van der Waals surface area contributed by atoms with Crippen molar-refractivity contribution < 1.29 is 8.83 Å². The number of anilines is 6. The Bertz CT molecular complexity index is 4750. The van der Waals surface area contributed by atoms with Gasteiger partial charge in [0.25, 0.3) is 0 Å². The molecule has 13 aromatic carbocycles. The summed E-state index contributed by atoms with van der Waals surface area (Å²) in [6.07, 6.45) is 0. The van der Waals surface area contributed by atoms with Crippen molar-refractivity contribution in [2.75, 3.05) is 9.80 Å². The SMILES string of the molecule is c1ccc(-c2ccc(N(c3cc(-c4cccc5c4C4(c6ccccc6-c6ccccc64)c4ccccc4-5)cc(N(c4ccc(-c5ccccc5)cc4)c4ccc5oc6ccccc6c5c4)c3)c3ccc4oc5ccccc5c4c3)cc2)cc1. The molecule has 2 aliphatic rings. The highest BCUT2D eigenvalue weighted by Crippen LogP contribution is 2.65. The Morgan fingerprint density at radius 1 is 0.217 bits per heavy atom. The van der Waals surface area contributed by atoms with E-state index in [0.29, 0.717) is 0 Å². The van der Waals surface area contributed by atoms with Crippen molar-refractivity contribution in [3.63, 3.8) is 0 Å². The van der Waals surface area contributed by atoms with Crippen LogP contribution in [0.3, 0.4) is 0 Å². The Kier molecular flexibility index (Phi) is 10.5. The lowest BCUT2D eigenvalue weighted by atomic mass is 9.68. The number of nitrogens with zero attached hydrogens (tertiary/aromatic N) is 2. The molecule has 0 N–H and O–H groups in total. The van der Waals surface area contributed by atoms with E-state index in [1.807, 2.05) is 12.1 Å². The van der Waals surface area contributed by atoms with Crippen LogP contribution in [0.1, 0.15) is 22.3 Å². The summed E-state index contributed by atoms with van der Waals surface area (Å²) in [4.78, 5) is 4.86. The van der Waals surface area contributed by atoms with Crippen molar-refractivity contribution in [1.82, 2.24) is 0 Å². The van der Waals surface area contributed by atoms with Crippen LogP contribution >= 0.6 is 0 Å². The zero-order valence-corrected chi connectivity index (χ0v) is 45.1. The van der Waals surface area contributed by atoms with Gasteiger partial charge >= 0.3 is 0 Å². The summed E-state index contributed by atoms with van der Waals surface area (Å²) in [7, 11) is 0. The first-order chi connectivity index (χ1) is 41.1. The van der Waals surface area contributed by atoms with Crippen LogP contribution in [0.5, 0.6) is 0 Å². The molecule has 4 nitrogen and oxygen atoms in total. The Labute approximate surface area is 480 Å². The maximum atomic E-state index is 6.51. The number of hydrogen-bond acceptors (Lipinski definition) is 4. The highest BCUT2D eigenvalue weighted by molar-refractivity contribution is 6.08. The van der Waals surface area contributed by atoms with Crippen molar-refractivity contribution in [2.24, 2.45) is 0 Å². The first-order valence-electron chi connectivity index (χ1n) is 28.5. The summed E-state index contributed by atoms with van der Waals surface area (Å²) >= 11 is 0. The number of fused-ring (bicyclic) bond motifs is 16. The van der Waals surface area contributed by atoms with Crippen LogP contribution in [-0.2, 0) is 5.41 Å². The largest absolute Gasteiger partial charge is 0.456 e. The van der Waals surface area contributed by atoms with Gasteiger partial charge in [-0.1, -0.05) is 212 Å². The lowest BCUT2D eigenvalue weighted by molar-refractivity contribution is 0.668. The molecule has 0 unspecified atom stereocenters. The fourth-order valence-electron chi connectivity index (χ4n) is 13.9. The van der Waals surface area contributed by atoms with E-state index in [1.54, 1.807) is 0 Å². The molecule has 0 amide bonds. The number of para-hydroxylation sites is 2. The third-order valence-electron chi connectivity index (χ3n) is 17.4. The summed E-state index contributed by atoms with van der Waals surface area (Å²) < 4.78 is 13.0. The topological polar surface area (TPSA) is 32.8 Å². The van der Waals surface area contributed by atoms with Crippen LogP contribution in [0.25, 0.3) is 99.5 Å². The second-order valence-corrected chi connectivity index (χ2v) is 21.9. The van der Waals surface area contributed by atoms with E-state index in [1.165, 1.54) is 61.2 Å². The molecular formula is C79H50N2O2. The molecule has 2 heterocycles. The quantitative estimate of drug-likeness (QED) is 0.144. The summed E-state index contributed by atoms with van der Waals surface area (Å²) in [5.41, 5.74) is 26.0. The minimum atomic E-state index is -0.591. The first-order valence-corrected chi connectivity index (χ1v) is 28.5. The van der Waals surface area contributed by atoms with Crippen molar-refractivity contribution in [1.29, 1.82) is 0 Å². The third kappa shape index (κ3) is 7.26. The molecule has 15 aromatic rings. The van der Waals surface area contributed by atoms with Gasteiger partial charge in [0.2, 0.25) is 0 Å². The molecule has 2 aliphatic carbocycles. The van der Waals surface area contributed by atoms with Gasteiger partial charge in [-0.2, -0.15) is 0 Å². The monoisotopic (exact) mass is 1060 g/mol. The summed E-state index contributed by atoms with van der Waals surface area (Å²) in [6, 6.07) is 111. The van der Waals surface area contributed by atoms with Gasteiger partial charge in [-0.05, 0) is 169 Å². The maximum Gasteiger partial charge on any atom is 0.135 e. The Balaban J connectivity index is 0.968. The standard InChI is InChI=1S/C79H50N2O2/c1-3-18-51(19-4-1)53-34-38-56(39-35-53)80(58-42-44-76-69(49-58)66-25-10-15-32-74(66)82-76)60-46-55(62-27-17-28-68-65-24-9-14-31-73(65)79(78(62)68)71-29-12-7-22-63(71)64-23-8-13-30-72(64)79)47-61(48-60)81(57-40-36-54(37-41-57)52-20-5-2-6-21-52)59-43-45-77-70(50-59)67-26-11-16-33-75(67)83-77/h1-50H. The van der Waals surface area contributed by atoms with E-state index in [-0.39, 0.29) is 0 Å². The van der Waals surface area contributed by atoms with E-state index in [0.717, 1.165) is 94.7 Å². The van der Waals surface area contributed by atoms with Crippen molar-refractivity contribution >= 4 is 78.0 Å². The first kappa shape index (κ1) is 46.9. The van der Waals surface area contributed by atoms with Gasteiger partial charge in [0, 0.05) is 55.7 Å². The number of benzene rings is 13. The van der Waals surface area contributed by atoms with E-state index in [9.17, 15) is 0 Å². The zero-order valence-electron chi connectivity index (χ0n) is 45.1. The van der Waals surface area contributed by atoms with Gasteiger partial charge in [0.1, 0.15) is 22.3 Å². The van der Waals surface area contributed by atoms with Crippen LogP contribution in [0.4, 0.5) is 34.1 Å². The summed E-state index contributed by atoms with van der Waals surface area (Å²) in [6.45, 7) is 0. The molecule has 83 heavy (non-hydrogen) atoms. The second-order valence-electron chi connectivity index (χ2n) is 21.9. The average Bonchev–Trinajstić information content (AvgIpc) is 1.66. The highest BCUT2D eigenvalue weighted by Gasteiger charge is 2.52. The smallest absolute Gasteiger partial charge is 0.135 e. The zero-order chi connectivity index (χ0) is 54.6. The molecule has 0 atom stereocenters. The molecule has 0 saturated heterocycles. The molecular weight excluding hydrogens is 1010 g/mol. The molecule has 2 aromatic heterocycles. The number of hydrogen-bond donors (Lipinski definition) is 0. The molecule has 0 saturated carbocycles. The van der Waals surface area contributed by atoms with Gasteiger partial charge in [0.15, 0.2) is 0 Å². The van der Waals surface area contributed by atoms with Crippen molar-refractivity contribution in [2.45, 2.75) is 5.41 Å². The average molecular weight is 1060 g/mol. The highest BCUT2D eigenvalue weighted by atomic mass is 16.3. The minimum absolute atomic E-state index is 0.591. The molecule has 0 fully saturated rings. The predicted octanol–water partition coefficient (Wildman–Crippen LogP) is 21.8. The van der Waals surface area contributed by atoms with Gasteiger partial charge in [-0.15, -0.1) is 0 Å². The minimum Gasteiger partial charge on any atom is -0.456 e. The molecule has 17 rings (SSSR count). The summed E-state index contributed by atoms with van der Waals surface area (Å²) in [5.74, 6) is 0. The molecule has 0 radical (unpaired) electrons. The summed E-state index contributed by atoms with van der Waals surface area (Å²) in [5, 5.41) is 4.26. The second kappa shape index (κ2) is 18.6. The van der Waals surface area contributed by atoms with E-state index < -0.39 is 5.41 Å². The normalized spacial score (nSPS) is 12.7. The van der Waals surface area contributed by atoms with Gasteiger partial charge in [0.05, 0.1) is 5.41 Å². The Morgan fingerprint density at radius 2 is 0.578 bits per heavy atom. The van der Waals surface area contributed by atoms with E-state index in [2.05, 4.69) is 301 Å². The lowest BCUT2D eigenvalue weighted by Crippen LogP contribution is -2.26. The van der Waals surface area contributed by atoms with Gasteiger partial charge in [-0.3, -0.25) is 0 Å². The van der Waals surface area contributed by atoms with Gasteiger partial charge in [-0.25, -0.2) is 0 Å². The van der Waals surface area contributed by atoms with Crippen LogP contribution in [0, 0.1) is 0 Å². The number of furan rings is 2. The van der Waals surface area contributed by atoms with Crippen molar-refractivity contribution in [3.8, 4) is 55.6 Å². The van der Waals surface area contributed by atoms with Crippen LogP contribution < -0.4 is 9.80 Å². The molecule has 0 aliphatic heterocycles. The molecule has 388 valence electrons. The fraction of sp³-hybridized carbons (Fsp3) is 0.0127. The molecule has 4 heteroatoms.